The summed E-state index contributed by atoms with van der Waals surface area (Å²) in [6, 6.07) is 13.1. The third-order valence-electron chi connectivity index (χ3n) is 5.60. The molecule has 0 radical (unpaired) electrons. The summed E-state index contributed by atoms with van der Waals surface area (Å²) in [4.78, 5) is 27.2. The number of anilines is 1. The quantitative estimate of drug-likeness (QED) is 0.675. The molecular weight excluding hydrogens is 380 g/mol. The highest BCUT2D eigenvalue weighted by Gasteiger charge is 2.16. The van der Waals surface area contributed by atoms with Crippen LogP contribution in [0.15, 0.2) is 42.5 Å². The van der Waals surface area contributed by atoms with Crippen LogP contribution >= 0.6 is 0 Å². The average molecular weight is 408 g/mol. The van der Waals surface area contributed by atoms with Gasteiger partial charge in [0.15, 0.2) is 17.3 Å². The van der Waals surface area contributed by atoms with E-state index < -0.39 is 0 Å². The topological polar surface area (TPSA) is 67.9 Å². The molecule has 6 heteroatoms. The van der Waals surface area contributed by atoms with E-state index in [4.69, 9.17) is 9.47 Å². The number of benzene rings is 2. The molecule has 0 aromatic heterocycles. The van der Waals surface area contributed by atoms with E-state index in [1.165, 1.54) is 31.5 Å². The lowest BCUT2D eigenvalue weighted by molar-refractivity contribution is -0.116. The highest BCUT2D eigenvalue weighted by atomic mass is 16.6. The number of ether oxygens (including phenoxy) is 2. The summed E-state index contributed by atoms with van der Waals surface area (Å²) >= 11 is 0. The van der Waals surface area contributed by atoms with Crippen LogP contribution in [0.5, 0.6) is 11.5 Å². The van der Waals surface area contributed by atoms with Crippen LogP contribution in [0.4, 0.5) is 5.69 Å². The Bertz CT molecular complexity index is 889. The number of carbonyl (C=O) groups excluding carboxylic acids is 2. The monoisotopic (exact) mass is 408 g/mol. The summed E-state index contributed by atoms with van der Waals surface area (Å²) in [7, 11) is 0. The molecule has 1 fully saturated rings. The van der Waals surface area contributed by atoms with Gasteiger partial charge in [-0.1, -0.05) is 12.1 Å². The minimum Gasteiger partial charge on any atom is -0.486 e. The largest absolute Gasteiger partial charge is 0.486 e. The van der Waals surface area contributed by atoms with Gasteiger partial charge in [-0.05, 0) is 68.2 Å². The highest BCUT2D eigenvalue weighted by Crippen LogP contribution is 2.31. The molecule has 2 aromatic carbocycles. The molecule has 1 saturated heterocycles. The maximum atomic E-state index is 12.4. The van der Waals surface area contributed by atoms with E-state index in [1.807, 2.05) is 12.1 Å². The Morgan fingerprint density at radius 1 is 0.900 bits per heavy atom. The molecule has 0 aliphatic carbocycles. The van der Waals surface area contributed by atoms with Crippen molar-refractivity contribution in [2.45, 2.75) is 32.1 Å². The maximum absolute atomic E-state index is 12.4. The number of ketones is 1. The zero-order valence-electron chi connectivity index (χ0n) is 17.2. The smallest absolute Gasteiger partial charge is 0.224 e. The van der Waals surface area contributed by atoms with E-state index in [1.54, 1.807) is 18.2 Å². The fraction of sp³-hybridized carbons (Fsp3) is 0.417. The summed E-state index contributed by atoms with van der Waals surface area (Å²) in [6.07, 6.45) is 3.94. The third-order valence-corrected chi connectivity index (χ3v) is 5.60. The molecule has 1 N–H and O–H groups in total. The molecular formula is C24H28N2O4. The first-order valence-corrected chi connectivity index (χ1v) is 10.7. The first kappa shape index (κ1) is 20.4. The number of carbonyl (C=O) groups is 2. The van der Waals surface area contributed by atoms with Crippen molar-refractivity contribution >= 4 is 17.4 Å². The molecule has 2 heterocycles. The first-order chi connectivity index (χ1) is 14.7. The fourth-order valence-electron chi connectivity index (χ4n) is 3.86. The molecule has 0 spiro atoms. The molecule has 2 aromatic rings. The van der Waals surface area contributed by atoms with Crippen molar-refractivity contribution in [3.05, 3.63) is 53.6 Å². The van der Waals surface area contributed by atoms with Gasteiger partial charge in [0.05, 0.1) is 0 Å². The Morgan fingerprint density at radius 3 is 2.40 bits per heavy atom. The summed E-state index contributed by atoms with van der Waals surface area (Å²) in [5, 5.41) is 2.88. The molecule has 4 rings (SSSR count). The Labute approximate surface area is 177 Å². The molecule has 0 bridgehead atoms. The number of nitrogens with one attached hydrogen (secondary N) is 1. The lowest BCUT2D eigenvalue weighted by Crippen LogP contribution is -2.21. The van der Waals surface area contributed by atoms with Gasteiger partial charge in [0.2, 0.25) is 5.91 Å². The van der Waals surface area contributed by atoms with Crippen LogP contribution in [-0.2, 0) is 11.2 Å². The summed E-state index contributed by atoms with van der Waals surface area (Å²) < 4.78 is 11.0. The molecule has 1 amide bonds. The number of fused-ring (bicyclic) bond motifs is 1. The van der Waals surface area contributed by atoms with Crippen molar-refractivity contribution in [3.8, 4) is 11.5 Å². The third kappa shape index (κ3) is 5.39. The van der Waals surface area contributed by atoms with Crippen molar-refractivity contribution in [2.75, 3.05) is 38.2 Å². The Morgan fingerprint density at radius 2 is 1.63 bits per heavy atom. The number of likely N-dealkylation sites (tertiary alicyclic amines) is 1. The molecule has 6 nitrogen and oxygen atoms in total. The van der Waals surface area contributed by atoms with E-state index in [2.05, 4.69) is 22.3 Å². The molecule has 158 valence electrons. The van der Waals surface area contributed by atoms with Crippen LogP contribution in [-0.4, -0.2) is 49.4 Å². The summed E-state index contributed by atoms with van der Waals surface area (Å²) in [5.74, 6) is 0.992. The molecule has 2 aliphatic heterocycles. The van der Waals surface area contributed by atoms with Crippen LogP contribution in [0.2, 0.25) is 0 Å². The van der Waals surface area contributed by atoms with Crippen molar-refractivity contribution in [1.82, 2.24) is 4.90 Å². The zero-order valence-corrected chi connectivity index (χ0v) is 17.2. The van der Waals surface area contributed by atoms with Crippen LogP contribution in [0.25, 0.3) is 0 Å². The van der Waals surface area contributed by atoms with Gasteiger partial charge >= 0.3 is 0 Å². The Hall–Kier alpha value is -2.86. The van der Waals surface area contributed by atoms with E-state index in [0.717, 1.165) is 18.7 Å². The van der Waals surface area contributed by atoms with Crippen molar-refractivity contribution in [3.63, 3.8) is 0 Å². The summed E-state index contributed by atoms with van der Waals surface area (Å²) in [6.45, 7) is 4.50. The Balaban J connectivity index is 1.22. The lowest BCUT2D eigenvalue weighted by Gasteiger charge is -2.18. The normalized spacial score (nSPS) is 15.7. The van der Waals surface area contributed by atoms with Gasteiger partial charge in [0.1, 0.15) is 13.2 Å². The van der Waals surface area contributed by atoms with Crippen LogP contribution < -0.4 is 14.8 Å². The first-order valence-electron chi connectivity index (χ1n) is 10.7. The second-order valence-corrected chi connectivity index (χ2v) is 7.83. The van der Waals surface area contributed by atoms with Crippen molar-refractivity contribution in [1.29, 1.82) is 0 Å². The second-order valence-electron chi connectivity index (χ2n) is 7.83. The minimum atomic E-state index is -0.161. The van der Waals surface area contributed by atoms with Gasteiger partial charge in [-0.15, -0.1) is 0 Å². The van der Waals surface area contributed by atoms with Gasteiger partial charge in [-0.2, -0.15) is 0 Å². The van der Waals surface area contributed by atoms with Gasteiger partial charge in [0, 0.05) is 30.6 Å². The van der Waals surface area contributed by atoms with Crippen LogP contribution in [0, 0.1) is 0 Å². The average Bonchev–Trinajstić information content (AvgIpc) is 3.30. The molecule has 0 unspecified atom stereocenters. The standard InChI is InChI=1S/C24H28N2O4/c27-21(19-5-9-22-23(17-19)30-16-15-29-22)8-10-24(28)25-20-6-3-18(4-7-20)11-14-26-12-1-2-13-26/h3-7,9,17H,1-2,8,10-16H2,(H,25,28). The van der Waals surface area contributed by atoms with Crippen LogP contribution in [0.3, 0.4) is 0 Å². The molecule has 2 aliphatic rings. The van der Waals surface area contributed by atoms with Gasteiger partial charge in [-0.25, -0.2) is 0 Å². The fourth-order valence-corrected chi connectivity index (χ4v) is 3.86. The molecule has 30 heavy (non-hydrogen) atoms. The minimum absolute atomic E-state index is 0.0839. The van der Waals surface area contributed by atoms with Crippen molar-refractivity contribution < 1.29 is 19.1 Å². The number of amides is 1. The van der Waals surface area contributed by atoms with Crippen molar-refractivity contribution in [2.24, 2.45) is 0 Å². The number of Topliss-reactive ketones (excluding diaryl/α,β-unsaturated/α-hetero) is 1. The van der Waals surface area contributed by atoms with Gasteiger partial charge in [-0.3, -0.25) is 9.59 Å². The molecule has 0 atom stereocenters. The number of rotatable bonds is 8. The number of nitrogens with zero attached hydrogens (tertiary/aromatic N) is 1. The lowest BCUT2D eigenvalue weighted by atomic mass is 10.1. The predicted molar refractivity (Wildman–Crippen MR) is 115 cm³/mol. The highest BCUT2D eigenvalue weighted by molar-refractivity contribution is 6.00. The zero-order chi connectivity index (χ0) is 20.8. The summed E-state index contributed by atoms with van der Waals surface area (Å²) in [5.41, 5.74) is 2.57. The van der Waals surface area contributed by atoms with E-state index in [9.17, 15) is 9.59 Å². The van der Waals surface area contributed by atoms with E-state index in [0.29, 0.717) is 30.3 Å². The molecule has 0 saturated carbocycles. The maximum Gasteiger partial charge on any atom is 0.224 e. The predicted octanol–water partition coefficient (Wildman–Crippen LogP) is 3.70. The number of hydrogen-bond acceptors (Lipinski definition) is 5. The van der Waals surface area contributed by atoms with Gasteiger partial charge in [0.25, 0.3) is 0 Å². The number of hydrogen-bond donors (Lipinski definition) is 1. The van der Waals surface area contributed by atoms with Crippen LogP contribution in [0.1, 0.15) is 41.6 Å². The van der Waals surface area contributed by atoms with E-state index in [-0.39, 0.29) is 24.5 Å². The SMILES string of the molecule is O=C(CCC(=O)c1ccc2c(c1)OCCO2)Nc1ccc(CCN2CCCC2)cc1. The van der Waals surface area contributed by atoms with Gasteiger partial charge < -0.3 is 19.7 Å². The Kier molecular flexibility index (Phi) is 6.64. The van der Waals surface area contributed by atoms with E-state index >= 15 is 0 Å². The second kappa shape index (κ2) is 9.76.